The molecule has 1 aliphatic rings. The molecule has 9 nitrogen and oxygen atoms in total. The van der Waals surface area contributed by atoms with Crippen LogP contribution in [-0.4, -0.2) is 51.1 Å². The van der Waals surface area contributed by atoms with Crippen LogP contribution in [0.5, 0.6) is 0 Å². The van der Waals surface area contributed by atoms with E-state index in [1.807, 2.05) is 41.9 Å². The van der Waals surface area contributed by atoms with E-state index in [4.69, 9.17) is 4.74 Å². The van der Waals surface area contributed by atoms with Crippen LogP contribution in [0.4, 0.5) is 20.7 Å². The first-order chi connectivity index (χ1) is 19.5. The molecule has 0 radical (unpaired) electrons. The van der Waals surface area contributed by atoms with Crippen LogP contribution in [0, 0.1) is 17.7 Å². The Kier molecular flexibility index (Phi) is 7.27. The lowest BCUT2D eigenvalue weighted by atomic mass is 10.2. The Morgan fingerprint density at radius 3 is 3.05 bits per heavy atom. The predicted octanol–water partition coefficient (Wildman–Crippen LogP) is 4.80. The Labute approximate surface area is 233 Å². The van der Waals surface area contributed by atoms with Gasteiger partial charge in [-0.25, -0.2) is 19.2 Å². The number of rotatable bonds is 6. The molecule has 1 aliphatic heterocycles. The summed E-state index contributed by atoms with van der Waals surface area (Å²) in [6.07, 6.45) is 3.39. The van der Waals surface area contributed by atoms with Crippen LogP contribution in [0.2, 0.25) is 0 Å². The third-order valence-corrected chi connectivity index (χ3v) is 7.47. The second-order valence-corrected chi connectivity index (χ2v) is 10.4. The minimum Gasteiger partial charge on any atom is -0.445 e. The molecule has 5 aromatic rings. The number of carbonyl (C=O) groups excluding carboxylic acids is 1. The number of carbonyl (C=O) groups is 1. The maximum Gasteiger partial charge on any atom is 0.407 e. The highest BCUT2D eigenvalue weighted by Gasteiger charge is 2.25. The van der Waals surface area contributed by atoms with Crippen molar-refractivity contribution in [1.29, 1.82) is 0 Å². The monoisotopic (exact) mass is 555 g/mol. The lowest BCUT2D eigenvalue weighted by molar-refractivity contribution is 0.107. The number of halogens is 1. The highest BCUT2D eigenvalue weighted by molar-refractivity contribution is 7.19. The molecule has 0 unspecified atom stereocenters. The van der Waals surface area contributed by atoms with Crippen molar-refractivity contribution in [3.05, 3.63) is 77.3 Å². The zero-order chi connectivity index (χ0) is 27.5. The first kappa shape index (κ1) is 25.7. The van der Waals surface area contributed by atoms with Crippen molar-refractivity contribution in [2.45, 2.75) is 32.0 Å². The molecule has 2 aromatic carbocycles. The van der Waals surface area contributed by atoms with E-state index in [2.05, 4.69) is 42.9 Å². The van der Waals surface area contributed by atoms with Gasteiger partial charge in [-0.15, -0.1) is 11.3 Å². The first-order valence-corrected chi connectivity index (χ1v) is 13.8. The van der Waals surface area contributed by atoms with Crippen molar-refractivity contribution in [1.82, 2.24) is 30.4 Å². The van der Waals surface area contributed by atoms with Gasteiger partial charge in [-0.1, -0.05) is 24.0 Å². The smallest absolute Gasteiger partial charge is 0.407 e. The highest BCUT2D eigenvalue weighted by atomic mass is 32.1. The average Bonchev–Trinajstić information content (AvgIpc) is 3.67. The van der Waals surface area contributed by atoms with Crippen molar-refractivity contribution >= 4 is 50.1 Å². The summed E-state index contributed by atoms with van der Waals surface area (Å²) in [6, 6.07) is 14.5. The second-order valence-electron chi connectivity index (χ2n) is 9.41. The maximum absolute atomic E-state index is 13.6. The number of aromatic nitrogens is 4. The molecule has 1 fully saturated rings. The number of hydrogen-bond donors (Lipinski definition) is 3. The van der Waals surface area contributed by atoms with E-state index < -0.39 is 6.09 Å². The maximum atomic E-state index is 13.6. The number of alkyl carbamates (subject to hydrolysis) is 1. The molecule has 0 spiro atoms. The molecule has 3 aromatic heterocycles. The van der Waals surface area contributed by atoms with E-state index in [0.717, 1.165) is 37.2 Å². The zero-order valence-electron chi connectivity index (χ0n) is 21.6. The summed E-state index contributed by atoms with van der Waals surface area (Å²) in [4.78, 5) is 22.3. The fraction of sp³-hybridized carbons (Fsp3) is 0.241. The molecule has 1 saturated heterocycles. The summed E-state index contributed by atoms with van der Waals surface area (Å²) in [5.41, 5.74) is 2.67. The lowest BCUT2D eigenvalue weighted by Gasteiger charge is -2.10. The Balaban J connectivity index is 1.16. The van der Waals surface area contributed by atoms with Gasteiger partial charge in [-0.2, -0.15) is 5.10 Å². The Morgan fingerprint density at radius 1 is 1.25 bits per heavy atom. The topological polar surface area (TPSA) is 106 Å². The summed E-state index contributed by atoms with van der Waals surface area (Å²) < 4.78 is 20.8. The van der Waals surface area contributed by atoms with Crippen LogP contribution in [0.25, 0.3) is 21.1 Å². The lowest BCUT2D eigenvalue weighted by Crippen LogP contribution is -2.29. The fourth-order valence-corrected chi connectivity index (χ4v) is 5.51. The molecular weight excluding hydrogens is 529 g/mol. The normalized spacial score (nSPS) is 16.6. The Morgan fingerprint density at radius 2 is 2.17 bits per heavy atom. The summed E-state index contributed by atoms with van der Waals surface area (Å²) in [5, 5.41) is 15.7. The van der Waals surface area contributed by atoms with Crippen LogP contribution in [0.15, 0.2) is 61.1 Å². The summed E-state index contributed by atoms with van der Waals surface area (Å²) in [6.45, 7) is 3.45. The number of amides is 1. The molecule has 6 rings (SSSR count). The Hall–Kier alpha value is -4.53. The van der Waals surface area contributed by atoms with Gasteiger partial charge in [0.25, 0.3) is 0 Å². The van der Waals surface area contributed by atoms with Gasteiger partial charge in [-0.05, 0) is 48.9 Å². The average molecular weight is 556 g/mol. The molecular formula is C29H26FN7O2S. The molecule has 11 heteroatoms. The number of ether oxygens (including phenoxy) is 1. The summed E-state index contributed by atoms with van der Waals surface area (Å²) in [7, 11) is 0. The number of anilines is 2. The summed E-state index contributed by atoms with van der Waals surface area (Å²) >= 11 is 1.50. The minimum atomic E-state index is -0.400. The van der Waals surface area contributed by atoms with E-state index in [-0.39, 0.29) is 18.0 Å². The number of thiophene rings is 1. The first-order valence-electron chi connectivity index (χ1n) is 12.9. The Bertz CT molecular complexity index is 1760. The van der Waals surface area contributed by atoms with E-state index >= 15 is 0 Å². The van der Waals surface area contributed by atoms with Crippen LogP contribution in [0.1, 0.15) is 23.8 Å². The van der Waals surface area contributed by atoms with Crippen LogP contribution >= 0.6 is 11.3 Å². The van der Waals surface area contributed by atoms with Crippen molar-refractivity contribution in [3.63, 3.8) is 0 Å². The molecule has 202 valence electrons. The SMILES string of the molecule is CCNC(=O)O[C@H]1CN[C@H](C#Cc2cc3c(Nc4ccc5c(cnn5Cc5cccc(F)c5)c4)ncnc3s2)C1. The molecule has 2 atom stereocenters. The van der Waals surface area contributed by atoms with Gasteiger partial charge in [-0.3, -0.25) is 10.00 Å². The third kappa shape index (κ3) is 5.73. The molecule has 0 bridgehead atoms. The fourth-order valence-electron chi connectivity index (χ4n) is 4.65. The number of benzene rings is 2. The van der Waals surface area contributed by atoms with Gasteiger partial charge in [0.05, 0.1) is 34.6 Å². The molecule has 40 heavy (non-hydrogen) atoms. The van der Waals surface area contributed by atoms with Crippen LogP contribution in [-0.2, 0) is 11.3 Å². The minimum absolute atomic E-state index is 0.0538. The third-order valence-electron chi connectivity index (χ3n) is 6.51. The number of nitrogens with zero attached hydrogens (tertiary/aromatic N) is 4. The van der Waals surface area contributed by atoms with E-state index in [0.29, 0.717) is 31.9 Å². The van der Waals surface area contributed by atoms with E-state index in [1.54, 1.807) is 12.3 Å². The van der Waals surface area contributed by atoms with Crippen molar-refractivity contribution in [2.75, 3.05) is 18.4 Å². The number of hydrogen-bond acceptors (Lipinski definition) is 8. The van der Waals surface area contributed by atoms with Gasteiger partial charge < -0.3 is 15.4 Å². The quantitative estimate of drug-likeness (QED) is 0.259. The van der Waals surface area contributed by atoms with Crippen molar-refractivity contribution < 1.29 is 13.9 Å². The molecule has 1 amide bonds. The molecule has 4 heterocycles. The van der Waals surface area contributed by atoms with Gasteiger partial charge in [0, 0.05) is 30.6 Å². The number of fused-ring (bicyclic) bond motifs is 2. The molecule has 0 aliphatic carbocycles. The van der Waals surface area contributed by atoms with E-state index in [1.165, 1.54) is 29.8 Å². The van der Waals surface area contributed by atoms with Gasteiger partial charge in [0.2, 0.25) is 0 Å². The standard InChI is InChI=1S/C29H26FN7O2S/c1-2-31-29(38)39-23-12-21(32-15-23)6-8-24-13-25-27(33-17-34-28(25)40-24)36-22-7-9-26-19(11-22)14-35-37(26)16-18-4-3-5-20(30)10-18/h3-5,7,9-11,13-14,17,21,23,32H,2,12,15-16H2,1H3,(H,31,38)(H,33,34,36)/t21-,23-/m1/s1. The predicted molar refractivity (Wildman–Crippen MR) is 153 cm³/mol. The van der Waals surface area contributed by atoms with Crippen LogP contribution in [0.3, 0.4) is 0 Å². The van der Waals surface area contributed by atoms with Crippen LogP contribution < -0.4 is 16.0 Å². The highest BCUT2D eigenvalue weighted by Crippen LogP contribution is 2.30. The van der Waals surface area contributed by atoms with Gasteiger partial charge in [0.15, 0.2) is 0 Å². The van der Waals surface area contributed by atoms with Crippen molar-refractivity contribution in [2.24, 2.45) is 0 Å². The number of nitrogens with one attached hydrogen (secondary N) is 3. The second kappa shape index (κ2) is 11.3. The summed E-state index contributed by atoms with van der Waals surface area (Å²) in [5.74, 6) is 6.91. The van der Waals surface area contributed by atoms with Crippen molar-refractivity contribution in [3.8, 4) is 11.8 Å². The largest absolute Gasteiger partial charge is 0.445 e. The van der Waals surface area contributed by atoms with Gasteiger partial charge in [0.1, 0.15) is 28.9 Å². The molecule has 3 N–H and O–H groups in total. The van der Waals surface area contributed by atoms with Gasteiger partial charge >= 0.3 is 6.09 Å². The molecule has 0 saturated carbocycles. The zero-order valence-corrected chi connectivity index (χ0v) is 22.5. The van der Waals surface area contributed by atoms with E-state index in [9.17, 15) is 9.18 Å².